The summed E-state index contributed by atoms with van der Waals surface area (Å²) in [4.78, 5) is 13.8. The van der Waals surface area contributed by atoms with E-state index in [0.717, 1.165) is 55.7 Å². The van der Waals surface area contributed by atoms with Crippen molar-refractivity contribution in [1.82, 2.24) is 14.9 Å². The van der Waals surface area contributed by atoms with Gasteiger partial charge in [-0.3, -0.25) is 4.90 Å². The van der Waals surface area contributed by atoms with Gasteiger partial charge in [-0.15, -0.1) is 0 Å². The van der Waals surface area contributed by atoms with Gasteiger partial charge in [-0.05, 0) is 31.9 Å². The van der Waals surface area contributed by atoms with Crippen LogP contribution in [-0.4, -0.2) is 58.3 Å². The second kappa shape index (κ2) is 6.65. The molecule has 1 aliphatic heterocycles. The number of rotatable bonds is 2. The monoisotopic (exact) mass is 326 g/mol. The summed E-state index contributed by atoms with van der Waals surface area (Å²) in [6, 6.07) is 6.71. The van der Waals surface area contributed by atoms with E-state index >= 15 is 0 Å². The molecule has 0 spiro atoms. The summed E-state index contributed by atoms with van der Waals surface area (Å²) in [5.41, 5.74) is 2.25. The van der Waals surface area contributed by atoms with Crippen LogP contribution in [-0.2, 0) is 0 Å². The van der Waals surface area contributed by atoms with Crippen LogP contribution in [0.4, 0.5) is 5.82 Å². The highest BCUT2D eigenvalue weighted by Crippen LogP contribution is 2.27. The first kappa shape index (κ1) is 15.8. The number of hydrogen-bond donors (Lipinski definition) is 1. The zero-order chi connectivity index (χ0) is 16.5. The van der Waals surface area contributed by atoms with Gasteiger partial charge in [0.2, 0.25) is 0 Å². The van der Waals surface area contributed by atoms with Crippen molar-refractivity contribution in [2.24, 2.45) is 0 Å². The number of aromatic nitrogens is 2. The molecule has 128 valence electrons. The summed E-state index contributed by atoms with van der Waals surface area (Å²) in [5.74, 6) is 1.05. The van der Waals surface area contributed by atoms with E-state index in [4.69, 9.17) is 0 Å². The van der Waals surface area contributed by atoms with Crippen LogP contribution in [0.25, 0.3) is 10.9 Å². The molecule has 2 atom stereocenters. The number of anilines is 1. The Morgan fingerprint density at radius 3 is 2.62 bits per heavy atom. The Labute approximate surface area is 143 Å². The molecule has 2 heterocycles. The topological polar surface area (TPSA) is 52.5 Å². The largest absolute Gasteiger partial charge is 0.391 e. The van der Waals surface area contributed by atoms with Gasteiger partial charge in [0, 0.05) is 37.6 Å². The van der Waals surface area contributed by atoms with Crippen LogP contribution in [0.2, 0.25) is 0 Å². The van der Waals surface area contributed by atoms with Crippen LogP contribution >= 0.6 is 0 Å². The van der Waals surface area contributed by atoms with Crippen molar-refractivity contribution in [2.45, 2.75) is 44.8 Å². The van der Waals surface area contributed by atoms with Crippen LogP contribution in [0.15, 0.2) is 24.5 Å². The highest BCUT2D eigenvalue weighted by molar-refractivity contribution is 5.89. The maximum Gasteiger partial charge on any atom is 0.139 e. The molecule has 0 unspecified atom stereocenters. The van der Waals surface area contributed by atoms with E-state index in [9.17, 15) is 5.11 Å². The number of hydrogen-bond acceptors (Lipinski definition) is 5. The number of piperazine rings is 1. The summed E-state index contributed by atoms with van der Waals surface area (Å²) in [6.07, 6.45) is 6.04. The van der Waals surface area contributed by atoms with Gasteiger partial charge < -0.3 is 10.0 Å². The molecule has 5 nitrogen and oxygen atoms in total. The summed E-state index contributed by atoms with van der Waals surface area (Å²) in [6.45, 7) is 6.03. The lowest BCUT2D eigenvalue weighted by Gasteiger charge is -2.43. The van der Waals surface area contributed by atoms with Crippen molar-refractivity contribution in [3.05, 3.63) is 30.1 Å². The molecule has 1 saturated heterocycles. The molecule has 1 N–H and O–H groups in total. The minimum atomic E-state index is -0.146. The second-order valence-corrected chi connectivity index (χ2v) is 7.16. The predicted octanol–water partition coefficient (Wildman–Crippen LogP) is 2.36. The van der Waals surface area contributed by atoms with E-state index in [0.29, 0.717) is 6.04 Å². The van der Waals surface area contributed by atoms with Gasteiger partial charge in [0.25, 0.3) is 0 Å². The third-order valence-electron chi connectivity index (χ3n) is 5.55. The van der Waals surface area contributed by atoms with E-state index in [1.165, 1.54) is 18.4 Å². The molecular formula is C19H26N4O. The Kier molecular flexibility index (Phi) is 4.37. The number of aryl methyl sites for hydroxylation is 1. The molecule has 24 heavy (non-hydrogen) atoms. The van der Waals surface area contributed by atoms with Crippen LogP contribution in [0, 0.1) is 6.92 Å². The van der Waals surface area contributed by atoms with Crippen molar-refractivity contribution in [1.29, 1.82) is 0 Å². The van der Waals surface area contributed by atoms with Crippen molar-refractivity contribution < 1.29 is 5.11 Å². The van der Waals surface area contributed by atoms with E-state index in [-0.39, 0.29) is 6.10 Å². The third kappa shape index (κ3) is 2.98. The predicted molar refractivity (Wildman–Crippen MR) is 96.3 cm³/mol. The SMILES string of the molecule is Cc1ccc2ncnc(N3CCN([C@H]4CCCC[C@@H]4O)CC3)c2c1. The Balaban J connectivity index is 1.51. The molecule has 2 aliphatic rings. The molecule has 2 aromatic rings. The third-order valence-corrected chi connectivity index (χ3v) is 5.55. The molecule has 0 radical (unpaired) electrons. The van der Waals surface area contributed by atoms with Gasteiger partial charge in [-0.1, -0.05) is 24.5 Å². The number of benzene rings is 1. The number of nitrogens with zero attached hydrogens (tertiary/aromatic N) is 4. The molecule has 1 aromatic carbocycles. The van der Waals surface area contributed by atoms with Crippen LogP contribution in [0.5, 0.6) is 0 Å². The van der Waals surface area contributed by atoms with Gasteiger partial charge >= 0.3 is 0 Å². The van der Waals surface area contributed by atoms with Gasteiger partial charge in [-0.2, -0.15) is 0 Å². The molecule has 2 fully saturated rings. The number of fused-ring (bicyclic) bond motifs is 1. The fourth-order valence-electron chi connectivity index (χ4n) is 4.19. The molecule has 4 rings (SSSR count). The lowest BCUT2D eigenvalue weighted by Crippen LogP contribution is -2.54. The molecule has 1 saturated carbocycles. The quantitative estimate of drug-likeness (QED) is 0.918. The van der Waals surface area contributed by atoms with E-state index < -0.39 is 0 Å². The summed E-state index contributed by atoms with van der Waals surface area (Å²) in [5, 5.41) is 11.4. The van der Waals surface area contributed by atoms with Gasteiger partial charge in [0.15, 0.2) is 0 Å². The molecule has 0 bridgehead atoms. The first-order valence-corrected chi connectivity index (χ1v) is 9.11. The fraction of sp³-hybridized carbons (Fsp3) is 0.579. The van der Waals surface area contributed by atoms with E-state index in [1.807, 2.05) is 0 Å². The molecule has 5 heteroatoms. The summed E-state index contributed by atoms with van der Waals surface area (Å²) in [7, 11) is 0. The smallest absolute Gasteiger partial charge is 0.139 e. The normalized spacial score (nSPS) is 26.0. The van der Waals surface area contributed by atoms with E-state index in [2.05, 4.69) is 44.9 Å². The maximum atomic E-state index is 10.3. The average molecular weight is 326 g/mol. The number of aliphatic hydroxyl groups is 1. The fourth-order valence-corrected chi connectivity index (χ4v) is 4.19. The van der Waals surface area contributed by atoms with Crippen LogP contribution in [0.1, 0.15) is 31.2 Å². The van der Waals surface area contributed by atoms with Crippen molar-refractivity contribution in [2.75, 3.05) is 31.1 Å². The Bertz CT molecular complexity index is 712. The van der Waals surface area contributed by atoms with Gasteiger partial charge in [-0.25, -0.2) is 9.97 Å². The molecule has 0 amide bonds. The minimum absolute atomic E-state index is 0.146. The van der Waals surface area contributed by atoms with Crippen molar-refractivity contribution >= 4 is 16.7 Å². The lowest BCUT2D eigenvalue weighted by molar-refractivity contribution is 0.0173. The van der Waals surface area contributed by atoms with Gasteiger partial charge in [0.1, 0.15) is 12.1 Å². The molecular weight excluding hydrogens is 300 g/mol. The summed E-state index contributed by atoms with van der Waals surface area (Å²) >= 11 is 0. The molecule has 1 aromatic heterocycles. The lowest BCUT2D eigenvalue weighted by atomic mass is 9.91. The Hall–Kier alpha value is -1.72. The zero-order valence-electron chi connectivity index (χ0n) is 14.4. The molecule has 1 aliphatic carbocycles. The Morgan fingerprint density at radius 1 is 1.04 bits per heavy atom. The highest BCUT2D eigenvalue weighted by Gasteiger charge is 2.31. The summed E-state index contributed by atoms with van der Waals surface area (Å²) < 4.78 is 0. The van der Waals surface area contributed by atoms with Crippen molar-refractivity contribution in [3.63, 3.8) is 0 Å². The first-order chi connectivity index (χ1) is 11.7. The maximum absolute atomic E-state index is 10.3. The van der Waals surface area contributed by atoms with E-state index in [1.54, 1.807) is 6.33 Å². The first-order valence-electron chi connectivity index (χ1n) is 9.11. The van der Waals surface area contributed by atoms with Crippen LogP contribution in [0.3, 0.4) is 0 Å². The standard InChI is InChI=1S/C19H26N4O/c1-14-6-7-16-15(12-14)19(21-13-20-16)23-10-8-22(9-11-23)17-4-2-3-5-18(17)24/h6-7,12-13,17-18,24H,2-5,8-11H2,1H3/t17-,18-/m0/s1. The van der Waals surface area contributed by atoms with Crippen molar-refractivity contribution in [3.8, 4) is 0 Å². The minimum Gasteiger partial charge on any atom is -0.391 e. The van der Waals surface area contributed by atoms with Gasteiger partial charge in [0.05, 0.1) is 11.6 Å². The zero-order valence-corrected chi connectivity index (χ0v) is 14.4. The van der Waals surface area contributed by atoms with Crippen LogP contribution < -0.4 is 4.90 Å². The highest BCUT2D eigenvalue weighted by atomic mass is 16.3. The average Bonchev–Trinajstić information content (AvgIpc) is 2.62. The Morgan fingerprint density at radius 2 is 1.83 bits per heavy atom. The second-order valence-electron chi connectivity index (χ2n) is 7.16. The number of aliphatic hydroxyl groups excluding tert-OH is 1.